The largest absolute Gasteiger partial charge is 0.352 e. The van der Waals surface area contributed by atoms with Gasteiger partial charge in [-0.2, -0.15) is 0 Å². The van der Waals surface area contributed by atoms with Crippen LogP contribution in [0.2, 0.25) is 0 Å². The molecule has 2 N–H and O–H groups in total. The van der Waals surface area contributed by atoms with E-state index in [0.29, 0.717) is 17.4 Å². The van der Waals surface area contributed by atoms with Gasteiger partial charge in [0.25, 0.3) is 0 Å². The number of carbonyl (C=O) groups is 1. The molecule has 4 nitrogen and oxygen atoms in total. The lowest BCUT2D eigenvalue weighted by molar-refractivity contribution is -0.135. The van der Waals surface area contributed by atoms with E-state index in [9.17, 15) is 9.00 Å². The maximum absolute atomic E-state index is 12.5. The Kier molecular flexibility index (Phi) is 4.33. The molecule has 4 saturated carbocycles. The number of nitrogens with one attached hydrogen (secondary N) is 2. The standard InChI is InChI=1S/C22H36N2O2S/c1-21-11-10-16-14(15(21)7-9-18(21)23-13-4-5-13)6-8-19-22(16,2)12-17(27(3)26)20(25)24-19/h13-19,23H,4-12H2,1-3H3,(H,24,25)/t14-,15-,16-,17+,18-,19+,21-,22+,27?/m0/s1. The molecule has 9 atom stereocenters. The van der Waals surface area contributed by atoms with Crippen molar-refractivity contribution in [3.8, 4) is 0 Å². The Morgan fingerprint density at radius 3 is 2.44 bits per heavy atom. The second kappa shape index (κ2) is 6.29. The number of piperidine rings is 1. The zero-order valence-corrected chi connectivity index (χ0v) is 17.9. The van der Waals surface area contributed by atoms with Crippen molar-refractivity contribution in [3.05, 3.63) is 0 Å². The smallest absolute Gasteiger partial charge is 0.235 e. The second-order valence-corrected chi connectivity index (χ2v) is 12.4. The summed E-state index contributed by atoms with van der Waals surface area (Å²) in [5.74, 6) is 2.33. The van der Waals surface area contributed by atoms with Crippen molar-refractivity contribution >= 4 is 16.7 Å². The van der Waals surface area contributed by atoms with Crippen molar-refractivity contribution in [2.45, 2.75) is 95.0 Å². The summed E-state index contributed by atoms with van der Waals surface area (Å²) in [5, 5.41) is 6.96. The maximum atomic E-state index is 12.5. The molecule has 0 aromatic rings. The third-order valence-corrected chi connectivity index (χ3v) is 10.7. The summed E-state index contributed by atoms with van der Waals surface area (Å²) < 4.78 is 12.2. The van der Waals surface area contributed by atoms with Crippen LogP contribution in [0.3, 0.4) is 0 Å². The van der Waals surface area contributed by atoms with Crippen LogP contribution in [0.25, 0.3) is 0 Å². The third-order valence-electron chi connectivity index (χ3n) is 9.52. The fraction of sp³-hybridized carbons (Fsp3) is 0.955. The minimum absolute atomic E-state index is 0.0342. The average molecular weight is 393 g/mol. The molecule has 1 aliphatic heterocycles. The highest BCUT2D eigenvalue weighted by Crippen LogP contribution is 2.64. The van der Waals surface area contributed by atoms with Crippen molar-refractivity contribution in [3.63, 3.8) is 0 Å². The maximum Gasteiger partial charge on any atom is 0.235 e. The fourth-order valence-electron chi connectivity index (χ4n) is 7.82. The molecule has 5 fully saturated rings. The Hall–Kier alpha value is -0.420. The molecule has 0 aromatic heterocycles. The minimum atomic E-state index is -1.08. The SMILES string of the molecule is CS(=O)[C@@H]1C[C@@]2(C)[C@@H](CC[C@@H]3[C@@H]2CC[C@]2(C)[C@@H](NC4CC4)CC[C@@H]32)NC1=O. The Labute approximate surface area is 166 Å². The molecule has 1 heterocycles. The van der Waals surface area contributed by atoms with Gasteiger partial charge in [0, 0.05) is 35.2 Å². The molecule has 5 aliphatic rings. The zero-order valence-electron chi connectivity index (χ0n) is 17.1. The number of hydrogen-bond acceptors (Lipinski definition) is 3. The van der Waals surface area contributed by atoms with Crippen molar-refractivity contribution in [2.24, 2.45) is 28.6 Å². The van der Waals surface area contributed by atoms with Crippen LogP contribution in [0.4, 0.5) is 0 Å². The number of hydrogen-bond donors (Lipinski definition) is 2. The molecule has 0 aromatic carbocycles. The first-order chi connectivity index (χ1) is 12.8. The molecular weight excluding hydrogens is 356 g/mol. The van der Waals surface area contributed by atoms with E-state index in [1.165, 1.54) is 44.9 Å². The van der Waals surface area contributed by atoms with Crippen LogP contribution in [0, 0.1) is 28.6 Å². The Bertz CT molecular complexity index is 665. The van der Waals surface area contributed by atoms with Crippen LogP contribution >= 0.6 is 0 Å². The van der Waals surface area contributed by atoms with E-state index in [0.717, 1.165) is 30.7 Å². The van der Waals surface area contributed by atoms with Gasteiger partial charge in [0.1, 0.15) is 5.25 Å². The van der Waals surface area contributed by atoms with Gasteiger partial charge in [-0.25, -0.2) is 0 Å². The average Bonchev–Trinajstić information content (AvgIpc) is 3.37. The van der Waals surface area contributed by atoms with Crippen LogP contribution in [0.15, 0.2) is 0 Å². The van der Waals surface area contributed by atoms with Gasteiger partial charge in [-0.05, 0) is 86.4 Å². The summed E-state index contributed by atoms with van der Waals surface area (Å²) in [6.07, 6.45) is 13.0. The van der Waals surface area contributed by atoms with Crippen LogP contribution in [0.1, 0.15) is 71.6 Å². The van der Waals surface area contributed by atoms with Crippen LogP contribution in [0.5, 0.6) is 0 Å². The van der Waals surface area contributed by atoms with Gasteiger partial charge in [-0.1, -0.05) is 13.8 Å². The molecule has 0 spiro atoms. The highest BCUT2D eigenvalue weighted by atomic mass is 32.2. The summed E-state index contributed by atoms with van der Waals surface area (Å²) >= 11 is 0. The first-order valence-electron chi connectivity index (χ1n) is 11.2. The number of rotatable bonds is 3. The van der Waals surface area contributed by atoms with E-state index >= 15 is 0 Å². The van der Waals surface area contributed by atoms with Crippen molar-refractivity contribution < 1.29 is 9.00 Å². The lowest BCUT2D eigenvalue weighted by Gasteiger charge is -2.60. The number of fused-ring (bicyclic) bond motifs is 5. The first kappa shape index (κ1) is 18.6. The molecule has 0 bridgehead atoms. The third kappa shape index (κ3) is 2.78. The molecule has 27 heavy (non-hydrogen) atoms. The molecular formula is C22H36N2O2S. The highest BCUT2D eigenvalue weighted by Gasteiger charge is 2.61. The summed E-state index contributed by atoms with van der Waals surface area (Å²) in [6, 6.07) is 1.80. The van der Waals surface area contributed by atoms with Gasteiger partial charge in [-0.3, -0.25) is 9.00 Å². The summed E-state index contributed by atoms with van der Waals surface area (Å²) in [6.45, 7) is 4.98. The quantitative estimate of drug-likeness (QED) is 0.776. The Balaban J connectivity index is 1.40. The van der Waals surface area contributed by atoms with E-state index < -0.39 is 10.8 Å². The zero-order chi connectivity index (χ0) is 19.0. The van der Waals surface area contributed by atoms with Gasteiger partial charge in [0.15, 0.2) is 0 Å². The summed E-state index contributed by atoms with van der Waals surface area (Å²) in [7, 11) is -1.08. The summed E-state index contributed by atoms with van der Waals surface area (Å²) in [5.41, 5.74) is 0.578. The Morgan fingerprint density at radius 2 is 1.74 bits per heavy atom. The van der Waals surface area contributed by atoms with Gasteiger partial charge in [-0.15, -0.1) is 0 Å². The minimum Gasteiger partial charge on any atom is -0.352 e. The van der Waals surface area contributed by atoms with Crippen LogP contribution in [-0.4, -0.2) is 39.7 Å². The van der Waals surface area contributed by atoms with Gasteiger partial charge in [0.05, 0.1) is 0 Å². The van der Waals surface area contributed by atoms with Gasteiger partial charge < -0.3 is 10.6 Å². The Morgan fingerprint density at radius 1 is 1.00 bits per heavy atom. The van der Waals surface area contributed by atoms with Crippen molar-refractivity contribution in [1.29, 1.82) is 0 Å². The topological polar surface area (TPSA) is 58.2 Å². The van der Waals surface area contributed by atoms with Gasteiger partial charge >= 0.3 is 0 Å². The van der Waals surface area contributed by atoms with E-state index in [1.54, 1.807) is 6.26 Å². The fourth-order valence-corrected chi connectivity index (χ4v) is 8.78. The van der Waals surface area contributed by atoms with E-state index in [2.05, 4.69) is 24.5 Å². The lowest BCUT2D eigenvalue weighted by Crippen LogP contribution is -2.65. The van der Waals surface area contributed by atoms with Gasteiger partial charge in [0.2, 0.25) is 5.91 Å². The first-order valence-corrected chi connectivity index (χ1v) is 12.8. The van der Waals surface area contributed by atoms with Crippen molar-refractivity contribution in [1.82, 2.24) is 10.6 Å². The highest BCUT2D eigenvalue weighted by molar-refractivity contribution is 7.85. The van der Waals surface area contributed by atoms with Crippen molar-refractivity contribution in [2.75, 3.05) is 6.26 Å². The normalized spacial score (nSPS) is 53.1. The molecule has 5 heteroatoms. The predicted molar refractivity (Wildman–Crippen MR) is 109 cm³/mol. The van der Waals surface area contributed by atoms with E-state index in [1.807, 2.05) is 0 Å². The monoisotopic (exact) mass is 392 g/mol. The molecule has 152 valence electrons. The molecule has 1 saturated heterocycles. The molecule has 4 aliphatic carbocycles. The van der Waals surface area contributed by atoms with E-state index in [-0.39, 0.29) is 22.6 Å². The molecule has 0 radical (unpaired) electrons. The van der Waals surface area contributed by atoms with Crippen LogP contribution in [-0.2, 0) is 15.6 Å². The predicted octanol–water partition coefficient (Wildman–Crippen LogP) is 2.99. The number of amides is 1. The van der Waals surface area contributed by atoms with Crippen LogP contribution < -0.4 is 10.6 Å². The second-order valence-electron chi connectivity index (χ2n) is 10.8. The lowest BCUT2D eigenvalue weighted by atomic mass is 9.47. The number of carbonyl (C=O) groups excluding carboxylic acids is 1. The molecule has 1 amide bonds. The molecule has 1 unspecified atom stereocenters. The molecule has 5 rings (SSSR count). The summed E-state index contributed by atoms with van der Waals surface area (Å²) in [4.78, 5) is 12.5. The van der Waals surface area contributed by atoms with E-state index in [4.69, 9.17) is 0 Å².